The summed E-state index contributed by atoms with van der Waals surface area (Å²) in [5.41, 5.74) is 1.04. The number of nitrogens with zero attached hydrogens (tertiary/aromatic N) is 1. The van der Waals surface area contributed by atoms with Crippen molar-refractivity contribution in [1.29, 1.82) is 0 Å². The fourth-order valence-electron chi connectivity index (χ4n) is 8.36. The number of rotatable bonds is 2. The summed E-state index contributed by atoms with van der Waals surface area (Å²) in [5.74, 6) is -1.25. The van der Waals surface area contributed by atoms with Crippen LogP contribution in [-0.2, 0) is 31.4 Å². The molecular weight excluding hydrogens is 640 g/mol. The molecule has 2 bridgehead atoms. The minimum absolute atomic E-state index is 0.208. The Balaban J connectivity index is 1.48. The average Bonchev–Trinajstić information content (AvgIpc) is 3.15. The summed E-state index contributed by atoms with van der Waals surface area (Å²) in [6, 6.07) is 11.2. The molecule has 2 aromatic carbocycles. The summed E-state index contributed by atoms with van der Waals surface area (Å²) in [4.78, 5) is 28.4. The third-order valence-corrected chi connectivity index (χ3v) is 13.5. The van der Waals surface area contributed by atoms with Gasteiger partial charge in [0.05, 0.1) is 36.7 Å². The van der Waals surface area contributed by atoms with Crippen molar-refractivity contribution in [3.63, 3.8) is 0 Å². The number of hydrogen-bond acceptors (Lipinski definition) is 8. The van der Waals surface area contributed by atoms with E-state index in [0.29, 0.717) is 49.0 Å². The molecule has 47 heavy (non-hydrogen) atoms. The number of allylic oxidation sites excluding steroid dienone is 1. The molecule has 9 nitrogen and oxygen atoms in total. The molecule has 6 atom stereocenters. The van der Waals surface area contributed by atoms with Gasteiger partial charge >= 0.3 is 5.97 Å². The fourth-order valence-corrected chi connectivity index (χ4v) is 9.84. The number of anilines is 1. The van der Waals surface area contributed by atoms with Gasteiger partial charge in [-0.25, -0.2) is 13.1 Å². The van der Waals surface area contributed by atoms with Crippen LogP contribution in [-0.4, -0.2) is 63.1 Å². The van der Waals surface area contributed by atoms with Crippen LogP contribution in [0, 0.1) is 17.3 Å². The van der Waals surface area contributed by atoms with Crippen molar-refractivity contribution in [3.8, 4) is 5.75 Å². The van der Waals surface area contributed by atoms with Crippen molar-refractivity contribution in [2.24, 2.45) is 17.3 Å². The normalized spacial score (nSPS) is 34.0. The van der Waals surface area contributed by atoms with Crippen LogP contribution in [0.25, 0.3) is 0 Å². The number of carbonyl (C=O) groups is 2. The minimum atomic E-state index is -4.03. The van der Waals surface area contributed by atoms with E-state index in [1.807, 2.05) is 12.1 Å². The van der Waals surface area contributed by atoms with Gasteiger partial charge in [0.2, 0.25) is 10.0 Å². The molecule has 0 aromatic heterocycles. The number of esters is 1. The van der Waals surface area contributed by atoms with Crippen LogP contribution in [0.5, 0.6) is 5.75 Å². The first-order valence-electron chi connectivity index (χ1n) is 16.5. The lowest BCUT2D eigenvalue weighted by atomic mass is 9.54. The number of methoxy groups -OCH3 is 1. The van der Waals surface area contributed by atoms with Crippen LogP contribution >= 0.6 is 11.6 Å². The van der Waals surface area contributed by atoms with Gasteiger partial charge in [0.1, 0.15) is 5.75 Å². The number of aliphatic hydroxyl groups is 1. The monoisotopic (exact) mass is 684 g/mol. The smallest absolute Gasteiger partial charge is 0.308 e. The Morgan fingerprint density at radius 3 is 2.68 bits per heavy atom. The first kappa shape index (κ1) is 33.8. The predicted molar refractivity (Wildman–Crippen MR) is 181 cm³/mol. The lowest BCUT2D eigenvalue weighted by Crippen LogP contribution is -2.58. The molecule has 11 heteroatoms. The molecule has 1 saturated carbocycles. The van der Waals surface area contributed by atoms with Crippen LogP contribution in [0.15, 0.2) is 48.6 Å². The van der Waals surface area contributed by atoms with Crippen molar-refractivity contribution >= 4 is 39.2 Å². The second-order valence-electron chi connectivity index (χ2n) is 14.5. The van der Waals surface area contributed by atoms with Crippen molar-refractivity contribution in [2.45, 2.75) is 82.0 Å². The van der Waals surface area contributed by atoms with Gasteiger partial charge in [-0.3, -0.25) is 9.59 Å². The Labute approximate surface area is 282 Å². The second-order valence-corrected chi connectivity index (χ2v) is 17.0. The maximum atomic E-state index is 13.5. The van der Waals surface area contributed by atoms with E-state index in [9.17, 15) is 23.1 Å². The second kappa shape index (κ2) is 12.4. The summed E-state index contributed by atoms with van der Waals surface area (Å²) < 4.78 is 40.6. The van der Waals surface area contributed by atoms with Crippen molar-refractivity contribution in [2.75, 3.05) is 31.7 Å². The number of ether oxygens (including phenoxy) is 2. The predicted octanol–water partition coefficient (Wildman–Crippen LogP) is 5.57. The van der Waals surface area contributed by atoms with Gasteiger partial charge in [0, 0.05) is 29.1 Å². The highest BCUT2D eigenvalue weighted by atomic mass is 35.5. The van der Waals surface area contributed by atoms with Crippen molar-refractivity contribution in [1.82, 2.24) is 4.72 Å². The first-order chi connectivity index (χ1) is 22.2. The summed E-state index contributed by atoms with van der Waals surface area (Å²) >= 11 is 6.42. The van der Waals surface area contributed by atoms with Gasteiger partial charge in [0.25, 0.3) is 5.91 Å². The third-order valence-electron chi connectivity index (χ3n) is 11.4. The van der Waals surface area contributed by atoms with Crippen molar-refractivity contribution < 1.29 is 32.6 Å². The lowest BCUT2D eigenvalue weighted by Gasteiger charge is -2.56. The van der Waals surface area contributed by atoms with Gasteiger partial charge in [0.15, 0.2) is 0 Å². The molecule has 4 aliphatic rings. The molecule has 0 radical (unpaired) electrons. The van der Waals surface area contributed by atoms with Gasteiger partial charge in [-0.05, 0) is 104 Å². The van der Waals surface area contributed by atoms with E-state index in [1.54, 1.807) is 44.2 Å². The van der Waals surface area contributed by atoms with E-state index < -0.39 is 38.2 Å². The Morgan fingerprint density at radius 2 is 1.96 bits per heavy atom. The van der Waals surface area contributed by atoms with Crippen LogP contribution < -0.4 is 14.4 Å². The number of nitrogens with one attached hydrogen (secondary N) is 1. The standard InChI is InChI=1S/C36H45ClN2O7S/c1-23-7-5-15-36(42,19-32(40)45-4)31-13-16-34(31,3)20-39-21-35(14-6-8-25-17-27(37)10-11-28(25)35)22-46-30-12-9-26(18-29(30)39)33(41)38-47(43,44)24(23)2/h5,9-12,15,17-18,23-24,31,42H,6-8,13-14,16,19-22H2,1-4H3,(H,38,41)/b15-5+/t23-,24+,31+,34?,35-,36?/m0/s1. The number of benzene rings is 2. The topological polar surface area (TPSA) is 122 Å². The van der Waals surface area contributed by atoms with E-state index in [4.69, 9.17) is 21.1 Å². The number of sulfonamides is 1. The number of amides is 1. The molecular formula is C36H45ClN2O7S. The van der Waals surface area contributed by atoms with E-state index in [0.717, 1.165) is 25.7 Å². The number of fused-ring (bicyclic) bond motifs is 4. The summed E-state index contributed by atoms with van der Waals surface area (Å²) in [7, 11) is -2.72. The molecule has 1 spiro atoms. The van der Waals surface area contributed by atoms with Crippen LogP contribution in [0.1, 0.15) is 80.8 Å². The largest absolute Gasteiger partial charge is 0.490 e. The van der Waals surface area contributed by atoms with E-state index in [-0.39, 0.29) is 29.2 Å². The molecule has 254 valence electrons. The molecule has 1 amide bonds. The molecule has 2 unspecified atom stereocenters. The molecule has 2 heterocycles. The Bertz CT molecular complexity index is 1710. The molecule has 2 aliphatic carbocycles. The number of carbonyl (C=O) groups excluding carboxylic acids is 2. The average molecular weight is 685 g/mol. The third kappa shape index (κ3) is 6.29. The molecule has 2 aromatic rings. The van der Waals surface area contributed by atoms with Gasteiger partial charge < -0.3 is 19.5 Å². The van der Waals surface area contributed by atoms with Crippen LogP contribution in [0.2, 0.25) is 5.02 Å². The van der Waals surface area contributed by atoms with Gasteiger partial charge in [-0.1, -0.05) is 43.7 Å². The van der Waals surface area contributed by atoms with Gasteiger partial charge in [-0.15, -0.1) is 0 Å². The lowest BCUT2D eigenvalue weighted by molar-refractivity contribution is -0.153. The highest BCUT2D eigenvalue weighted by molar-refractivity contribution is 7.90. The Kier molecular flexibility index (Phi) is 8.94. The van der Waals surface area contributed by atoms with Crippen LogP contribution in [0.4, 0.5) is 5.69 Å². The maximum absolute atomic E-state index is 13.5. The first-order valence-corrected chi connectivity index (χ1v) is 18.4. The zero-order valence-corrected chi connectivity index (χ0v) is 29.1. The summed E-state index contributed by atoms with van der Waals surface area (Å²) in [6.45, 7) is 7.05. The van der Waals surface area contributed by atoms with E-state index >= 15 is 0 Å². The fraction of sp³-hybridized carbons (Fsp3) is 0.556. The van der Waals surface area contributed by atoms with Crippen molar-refractivity contribution in [3.05, 3.63) is 70.3 Å². The zero-order chi connectivity index (χ0) is 33.8. The summed E-state index contributed by atoms with van der Waals surface area (Å²) in [6.07, 6.45) is 7.88. The number of hydrogen-bond donors (Lipinski definition) is 2. The summed E-state index contributed by atoms with van der Waals surface area (Å²) in [5, 5.41) is 12.0. The quantitative estimate of drug-likeness (QED) is 0.311. The zero-order valence-electron chi connectivity index (χ0n) is 27.6. The van der Waals surface area contributed by atoms with E-state index in [2.05, 4.69) is 22.6 Å². The molecule has 1 fully saturated rings. The maximum Gasteiger partial charge on any atom is 0.308 e. The van der Waals surface area contributed by atoms with Gasteiger partial charge in [-0.2, -0.15) is 0 Å². The molecule has 0 saturated heterocycles. The highest BCUT2D eigenvalue weighted by Gasteiger charge is 2.55. The van der Waals surface area contributed by atoms with Crippen LogP contribution in [0.3, 0.4) is 0 Å². The molecule has 6 rings (SSSR count). The number of halogens is 1. The Hall–Kier alpha value is -3.08. The number of aryl methyl sites for hydroxylation is 1. The SMILES string of the molecule is COC(=O)CC1(O)/C=C/C[C@H](C)[C@@H](C)S(=O)(=O)NC(=O)c2ccc3c(c2)N(CC2(C)CC[C@@H]12)C[C@@]1(CCCc2cc(Cl)ccc21)CO3. The minimum Gasteiger partial charge on any atom is -0.490 e. The van der Waals surface area contributed by atoms with E-state index in [1.165, 1.54) is 18.2 Å². The Morgan fingerprint density at radius 1 is 1.17 bits per heavy atom. The molecule has 2 N–H and O–H groups in total. The highest BCUT2D eigenvalue weighted by Crippen LogP contribution is 2.55. The molecule has 2 aliphatic heterocycles.